The lowest BCUT2D eigenvalue weighted by molar-refractivity contribution is -0.113. The third-order valence-electron chi connectivity index (χ3n) is 4.37. The summed E-state index contributed by atoms with van der Waals surface area (Å²) in [6, 6.07) is 17.7. The zero-order chi connectivity index (χ0) is 20.2. The van der Waals surface area contributed by atoms with Gasteiger partial charge in [0.25, 0.3) is 0 Å². The van der Waals surface area contributed by atoms with Crippen molar-refractivity contribution in [1.29, 1.82) is 0 Å². The SMILES string of the molecule is CC(C)Cn1c(SCC(=O)Nc2ccc3ccccc3c2)nnc1-c1ccco1. The average molecular weight is 407 g/mol. The molecule has 0 spiro atoms. The minimum Gasteiger partial charge on any atom is -0.461 e. The zero-order valence-electron chi connectivity index (χ0n) is 16.3. The van der Waals surface area contributed by atoms with Gasteiger partial charge in [-0.1, -0.05) is 55.9 Å². The molecule has 0 radical (unpaired) electrons. The molecule has 1 amide bonds. The zero-order valence-corrected chi connectivity index (χ0v) is 17.1. The number of rotatable bonds is 7. The maximum atomic E-state index is 12.5. The number of nitrogens with zero attached hydrogens (tertiary/aromatic N) is 3. The fourth-order valence-electron chi connectivity index (χ4n) is 3.11. The first-order valence-corrected chi connectivity index (χ1v) is 10.5. The summed E-state index contributed by atoms with van der Waals surface area (Å²) in [5.74, 6) is 1.93. The number of fused-ring (bicyclic) bond motifs is 1. The fourth-order valence-corrected chi connectivity index (χ4v) is 3.86. The number of thioether (sulfide) groups is 1. The Labute approximate surface area is 173 Å². The fraction of sp³-hybridized carbons (Fsp3) is 0.227. The van der Waals surface area contributed by atoms with Gasteiger partial charge in [0.05, 0.1) is 12.0 Å². The van der Waals surface area contributed by atoms with E-state index in [1.165, 1.54) is 11.8 Å². The van der Waals surface area contributed by atoms with Crippen LogP contribution in [0.2, 0.25) is 0 Å². The maximum Gasteiger partial charge on any atom is 0.234 e. The number of hydrogen-bond donors (Lipinski definition) is 1. The molecule has 0 bridgehead atoms. The average Bonchev–Trinajstić information content (AvgIpc) is 3.36. The van der Waals surface area contributed by atoms with E-state index in [-0.39, 0.29) is 11.7 Å². The highest BCUT2D eigenvalue weighted by atomic mass is 32.2. The summed E-state index contributed by atoms with van der Waals surface area (Å²) in [6.45, 7) is 5.01. The van der Waals surface area contributed by atoms with Gasteiger partial charge < -0.3 is 9.73 Å². The first kappa shape index (κ1) is 19.3. The second kappa shape index (κ2) is 8.53. The monoisotopic (exact) mass is 406 g/mol. The van der Waals surface area contributed by atoms with Crippen molar-refractivity contribution in [3.63, 3.8) is 0 Å². The quantitative estimate of drug-likeness (QED) is 0.433. The number of carbonyl (C=O) groups excluding carboxylic acids is 1. The van der Waals surface area contributed by atoms with Gasteiger partial charge in [-0.15, -0.1) is 10.2 Å². The van der Waals surface area contributed by atoms with Gasteiger partial charge in [0.15, 0.2) is 16.7 Å². The Morgan fingerprint density at radius 3 is 2.69 bits per heavy atom. The summed E-state index contributed by atoms with van der Waals surface area (Å²) in [6.07, 6.45) is 1.62. The smallest absolute Gasteiger partial charge is 0.234 e. The first-order valence-electron chi connectivity index (χ1n) is 9.48. The van der Waals surface area contributed by atoms with E-state index in [0.717, 1.165) is 23.0 Å². The van der Waals surface area contributed by atoms with Crippen LogP contribution >= 0.6 is 11.8 Å². The van der Waals surface area contributed by atoms with Crippen LogP contribution < -0.4 is 5.32 Å². The van der Waals surface area contributed by atoms with E-state index in [1.54, 1.807) is 6.26 Å². The van der Waals surface area contributed by atoms with Crippen LogP contribution in [0.25, 0.3) is 22.4 Å². The summed E-state index contributed by atoms with van der Waals surface area (Å²) in [5, 5.41) is 14.5. The van der Waals surface area contributed by atoms with Crippen molar-refractivity contribution in [3.05, 3.63) is 60.9 Å². The first-order chi connectivity index (χ1) is 14.1. The molecule has 0 fully saturated rings. The predicted molar refractivity (Wildman–Crippen MR) is 116 cm³/mol. The lowest BCUT2D eigenvalue weighted by Crippen LogP contribution is -2.15. The van der Waals surface area contributed by atoms with Crippen molar-refractivity contribution in [2.45, 2.75) is 25.5 Å². The third-order valence-corrected chi connectivity index (χ3v) is 5.34. The molecule has 0 aliphatic rings. The topological polar surface area (TPSA) is 73.0 Å². The van der Waals surface area contributed by atoms with E-state index in [4.69, 9.17) is 4.42 Å². The van der Waals surface area contributed by atoms with E-state index < -0.39 is 0 Å². The molecular weight excluding hydrogens is 384 g/mol. The largest absolute Gasteiger partial charge is 0.461 e. The molecule has 0 saturated carbocycles. The highest BCUT2D eigenvalue weighted by Gasteiger charge is 2.18. The van der Waals surface area contributed by atoms with Gasteiger partial charge in [-0.3, -0.25) is 9.36 Å². The minimum atomic E-state index is -0.0797. The van der Waals surface area contributed by atoms with Crippen molar-refractivity contribution in [3.8, 4) is 11.6 Å². The summed E-state index contributed by atoms with van der Waals surface area (Å²) in [4.78, 5) is 12.5. The number of anilines is 1. The number of benzene rings is 2. The molecule has 0 atom stereocenters. The van der Waals surface area contributed by atoms with Gasteiger partial charge in [-0.2, -0.15) is 0 Å². The Kier molecular flexibility index (Phi) is 5.67. The van der Waals surface area contributed by atoms with E-state index in [0.29, 0.717) is 22.7 Å². The molecule has 1 N–H and O–H groups in total. The number of hydrogen-bond acceptors (Lipinski definition) is 5. The number of nitrogens with one attached hydrogen (secondary N) is 1. The Bertz CT molecular complexity index is 1120. The number of furan rings is 1. The molecule has 2 aromatic heterocycles. The summed E-state index contributed by atoms with van der Waals surface area (Å²) < 4.78 is 7.49. The molecule has 0 aliphatic carbocycles. The highest BCUT2D eigenvalue weighted by molar-refractivity contribution is 7.99. The molecule has 2 heterocycles. The van der Waals surface area contributed by atoms with Crippen LogP contribution in [0.15, 0.2) is 70.4 Å². The molecule has 4 aromatic rings. The minimum absolute atomic E-state index is 0.0797. The van der Waals surface area contributed by atoms with E-state index in [2.05, 4.69) is 35.4 Å². The van der Waals surface area contributed by atoms with Gasteiger partial charge >= 0.3 is 0 Å². The summed E-state index contributed by atoms with van der Waals surface area (Å²) in [7, 11) is 0. The molecule has 29 heavy (non-hydrogen) atoms. The van der Waals surface area contributed by atoms with Gasteiger partial charge in [0.1, 0.15) is 0 Å². The molecule has 0 saturated heterocycles. The number of carbonyl (C=O) groups is 1. The molecule has 4 rings (SSSR count). The lowest BCUT2D eigenvalue weighted by atomic mass is 10.1. The molecule has 0 unspecified atom stereocenters. The van der Waals surface area contributed by atoms with Crippen molar-refractivity contribution < 1.29 is 9.21 Å². The second-order valence-electron chi connectivity index (χ2n) is 7.19. The normalized spacial score (nSPS) is 11.3. The molecule has 7 heteroatoms. The Morgan fingerprint density at radius 2 is 1.93 bits per heavy atom. The standard InChI is InChI=1S/C22H22N4O2S/c1-15(2)13-26-21(19-8-5-11-28-19)24-25-22(26)29-14-20(27)23-18-10-9-16-6-3-4-7-17(16)12-18/h3-12,15H,13-14H2,1-2H3,(H,23,27). The highest BCUT2D eigenvalue weighted by Crippen LogP contribution is 2.26. The maximum absolute atomic E-state index is 12.5. The molecule has 0 aliphatic heterocycles. The van der Waals surface area contributed by atoms with E-state index in [1.807, 2.05) is 53.1 Å². The predicted octanol–water partition coefficient (Wildman–Crippen LogP) is 5.08. The lowest BCUT2D eigenvalue weighted by Gasteiger charge is -2.11. The molecule has 2 aromatic carbocycles. The molecule has 6 nitrogen and oxygen atoms in total. The summed E-state index contributed by atoms with van der Waals surface area (Å²) in [5.41, 5.74) is 0.786. The number of amides is 1. The Hall–Kier alpha value is -3.06. The van der Waals surface area contributed by atoms with Crippen LogP contribution in [-0.2, 0) is 11.3 Å². The molecular formula is C22H22N4O2S. The van der Waals surface area contributed by atoms with Crippen molar-refractivity contribution in [2.75, 3.05) is 11.1 Å². The Balaban J connectivity index is 1.45. The van der Waals surface area contributed by atoms with Crippen molar-refractivity contribution in [1.82, 2.24) is 14.8 Å². The van der Waals surface area contributed by atoms with Crippen LogP contribution in [0.1, 0.15) is 13.8 Å². The van der Waals surface area contributed by atoms with Crippen LogP contribution in [0.5, 0.6) is 0 Å². The van der Waals surface area contributed by atoms with Crippen LogP contribution in [0.3, 0.4) is 0 Å². The van der Waals surface area contributed by atoms with Gasteiger partial charge in [0, 0.05) is 12.2 Å². The van der Waals surface area contributed by atoms with E-state index >= 15 is 0 Å². The van der Waals surface area contributed by atoms with Gasteiger partial charge in [-0.25, -0.2) is 0 Å². The summed E-state index contributed by atoms with van der Waals surface area (Å²) >= 11 is 1.37. The van der Waals surface area contributed by atoms with Crippen LogP contribution in [-0.4, -0.2) is 26.4 Å². The van der Waals surface area contributed by atoms with E-state index in [9.17, 15) is 4.79 Å². The van der Waals surface area contributed by atoms with Gasteiger partial charge in [-0.05, 0) is 41.0 Å². The van der Waals surface area contributed by atoms with Crippen molar-refractivity contribution in [2.24, 2.45) is 5.92 Å². The molecule has 148 valence electrons. The van der Waals surface area contributed by atoms with Crippen LogP contribution in [0, 0.1) is 5.92 Å². The Morgan fingerprint density at radius 1 is 1.10 bits per heavy atom. The second-order valence-corrected chi connectivity index (χ2v) is 8.13. The van der Waals surface area contributed by atoms with Gasteiger partial charge in [0.2, 0.25) is 5.91 Å². The number of aromatic nitrogens is 3. The third kappa shape index (κ3) is 4.51. The van der Waals surface area contributed by atoms with Crippen LogP contribution in [0.4, 0.5) is 5.69 Å². The van der Waals surface area contributed by atoms with Crippen molar-refractivity contribution >= 4 is 34.1 Å².